The van der Waals surface area contributed by atoms with Gasteiger partial charge in [0.25, 0.3) is 0 Å². The van der Waals surface area contributed by atoms with Gasteiger partial charge in [-0.3, -0.25) is 9.59 Å². The van der Waals surface area contributed by atoms with Gasteiger partial charge in [-0.05, 0) is 62.5 Å². The average molecular weight is 593 g/mol. The topological polar surface area (TPSA) is 134 Å². The summed E-state index contributed by atoms with van der Waals surface area (Å²) in [5.74, 6) is -4.25. The van der Waals surface area contributed by atoms with E-state index in [1.54, 1.807) is 26.0 Å². The molecule has 0 saturated heterocycles. The van der Waals surface area contributed by atoms with Gasteiger partial charge in [0.05, 0.1) is 24.7 Å². The highest BCUT2D eigenvalue weighted by Crippen LogP contribution is 2.35. The summed E-state index contributed by atoms with van der Waals surface area (Å²) in [6, 6.07) is 0. The molecule has 0 fully saturated rings. The summed E-state index contributed by atoms with van der Waals surface area (Å²) >= 11 is 0. The van der Waals surface area contributed by atoms with Gasteiger partial charge in [0, 0.05) is 30.6 Å². The fraction of sp³-hybridized carbons (Fsp3) is 0.765. The summed E-state index contributed by atoms with van der Waals surface area (Å²) < 4.78 is 12.1. The van der Waals surface area contributed by atoms with Crippen LogP contribution in [-0.2, 0) is 19.1 Å². The van der Waals surface area contributed by atoms with Crippen LogP contribution in [0.4, 0.5) is 0 Å². The van der Waals surface area contributed by atoms with Crippen LogP contribution in [0.25, 0.3) is 0 Å². The van der Waals surface area contributed by atoms with E-state index in [1.807, 2.05) is 53.7 Å². The van der Waals surface area contributed by atoms with E-state index in [0.29, 0.717) is 19.3 Å². The lowest BCUT2D eigenvalue weighted by Gasteiger charge is -2.38. The Bertz CT molecular complexity index is 986. The first kappa shape index (κ1) is 36.4. The Morgan fingerprint density at radius 2 is 1.74 bits per heavy atom. The average Bonchev–Trinajstić information content (AvgIpc) is 2.95. The Hall–Kier alpha value is -1.84. The third kappa shape index (κ3) is 10.1. The quantitative estimate of drug-likeness (QED) is 0.239. The number of Topliss-reactive ketones (excluding diaryl/α,β-unsaturated/α-hetero) is 1. The largest absolute Gasteiger partial charge is 0.462 e. The number of fused-ring (bicyclic) bond motifs is 2. The van der Waals surface area contributed by atoms with Crippen molar-refractivity contribution in [3.8, 4) is 0 Å². The molecular formula is C34H56O8. The number of carbonyl (C=O) groups is 2. The van der Waals surface area contributed by atoms with Gasteiger partial charge in [0.1, 0.15) is 18.0 Å². The second-order valence-electron chi connectivity index (χ2n) is 13.1. The van der Waals surface area contributed by atoms with E-state index in [4.69, 9.17) is 9.47 Å². The highest BCUT2D eigenvalue weighted by Gasteiger charge is 2.41. The monoisotopic (exact) mass is 592 g/mol. The number of aliphatic hydroxyl groups is 4. The van der Waals surface area contributed by atoms with E-state index in [9.17, 15) is 30.0 Å². The Balaban J connectivity index is 2.37. The van der Waals surface area contributed by atoms with E-state index in [1.165, 1.54) is 0 Å². The summed E-state index contributed by atoms with van der Waals surface area (Å²) in [5, 5.41) is 44.0. The summed E-state index contributed by atoms with van der Waals surface area (Å²) in [4.78, 5) is 25.6. The maximum atomic E-state index is 13.4. The molecule has 8 nitrogen and oxygen atoms in total. The lowest BCUT2D eigenvalue weighted by atomic mass is 9.78. The summed E-state index contributed by atoms with van der Waals surface area (Å²) in [6.45, 7) is 14.9. The number of cyclic esters (lactones) is 1. The number of hydrogen-bond donors (Lipinski definition) is 4. The fourth-order valence-corrected chi connectivity index (χ4v) is 6.33. The van der Waals surface area contributed by atoms with Crippen LogP contribution in [0.3, 0.4) is 0 Å². The van der Waals surface area contributed by atoms with Crippen LogP contribution in [-0.4, -0.2) is 68.5 Å². The van der Waals surface area contributed by atoms with Gasteiger partial charge in [0.15, 0.2) is 5.79 Å². The molecule has 0 saturated carbocycles. The maximum absolute atomic E-state index is 13.4. The molecule has 11 atom stereocenters. The predicted octanol–water partition coefficient (Wildman–Crippen LogP) is 5.03. The first-order valence-corrected chi connectivity index (χ1v) is 15.8. The number of hydrogen-bond acceptors (Lipinski definition) is 8. The predicted molar refractivity (Wildman–Crippen MR) is 163 cm³/mol. The Morgan fingerprint density at radius 1 is 1.10 bits per heavy atom. The van der Waals surface area contributed by atoms with Crippen LogP contribution >= 0.6 is 0 Å². The van der Waals surface area contributed by atoms with Crippen molar-refractivity contribution in [2.75, 3.05) is 0 Å². The van der Waals surface area contributed by atoms with E-state index in [-0.39, 0.29) is 36.4 Å². The second-order valence-corrected chi connectivity index (χ2v) is 13.1. The SMILES string of the molecule is CCC(=O)[C@@H](C)[C@@H](O)[C@H](C)C[C@@H](C)[C@H]1OC(=O)C[C@@]2(O)CC=C(C)[C@H](O2)/C(C)=C/CCC[C@@H](O)C=C[C@H](C)C(O)[C@H]1C. The van der Waals surface area contributed by atoms with Crippen molar-refractivity contribution in [3.63, 3.8) is 0 Å². The van der Waals surface area contributed by atoms with E-state index < -0.39 is 54.1 Å². The molecule has 2 heterocycles. The van der Waals surface area contributed by atoms with Crippen LogP contribution in [0.15, 0.2) is 35.5 Å². The first-order chi connectivity index (χ1) is 19.6. The van der Waals surface area contributed by atoms with Crippen molar-refractivity contribution in [2.45, 2.75) is 137 Å². The van der Waals surface area contributed by atoms with E-state index in [0.717, 1.165) is 24.0 Å². The maximum Gasteiger partial charge on any atom is 0.311 e. The van der Waals surface area contributed by atoms with Crippen molar-refractivity contribution < 1.29 is 39.5 Å². The summed E-state index contributed by atoms with van der Waals surface area (Å²) in [7, 11) is 0. The highest BCUT2D eigenvalue weighted by molar-refractivity contribution is 5.80. The Labute approximate surface area is 252 Å². The summed E-state index contributed by atoms with van der Waals surface area (Å²) in [5.41, 5.74) is 1.89. The number of rotatable bonds is 7. The fourth-order valence-electron chi connectivity index (χ4n) is 6.33. The molecule has 2 bridgehead atoms. The van der Waals surface area contributed by atoms with Crippen LogP contribution in [0.1, 0.15) is 100 Å². The van der Waals surface area contributed by atoms with Crippen molar-refractivity contribution in [3.05, 3.63) is 35.5 Å². The molecule has 2 aliphatic heterocycles. The molecule has 0 aromatic rings. The van der Waals surface area contributed by atoms with Crippen LogP contribution < -0.4 is 0 Å². The van der Waals surface area contributed by atoms with Gasteiger partial charge in [-0.2, -0.15) is 0 Å². The molecule has 4 N–H and O–H groups in total. The number of allylic oxidation sites excluding steroid dienone is 1. The number of carbonyl (C=O) groups excluding carboxylic acids is 2. The van der Waals surface area contributed by atoms with Gasteiger partial charge in [-0.25, -0.2) is 0 Å². The molecule has 0 spiro atoms. The van der Waals surface area contributed by atoms with Crippen molar-refractivity contribution >= 4 is 11.8 Å². The lowest BCUT2D eigenvalue weighted by Crippen LogP contribution is -2.45. The Morgan fingerprint density at radius 3 is 2.38 bits per heavy atom. The molecule has 42 heavy (non-hydrogen) atoms. The second kappa shape index (κ2) is 16.3. The van der Waals surface area contributed by atoms with Crippen molar-refractivity contribution in [1.82, 2.24) is 0 Å². The minimum atomic E-state index is -1.73. The third-order valence-electron chi connectivity index (χ3n) is 9.25. The zero-order chi connectivity index (χ0) is 31.8. The van der Waals surface area contributed by atoms with Gasteiger partial charge >= 0.3 is 5.97 Å². The van der Waals surface area contributed by atoms with Crippen LogP contribution in [0, 0.1) is 29.6 Å². The van der Waals surface area contributed by atoms with Gasteiger partial charge in [0.2, 0.25) is 0 Å². The zero-order valence-electron chi connectivity index (χ0n) is 27.0. The van der Waals surface area contributed by atoms with E-state index in [2.05, 4.69) is 0 Å². The minimum Gasteiger partial charge on any atom is -0.462 e. The van der Waals surface area contributed by atoms with Gasteiger partial charge < -0.3 is 29.9 Å². The standard InChI is InChI=1S/C34H56O8/c1-9-28(36)25(7)31(39)23(5)18-24(6)33-26(8)30(38)20(2)14-15-27(35)13-11-10-12-21(3)32-22(4)16-17-34(40,42-32)19-29(37)41-33/h12,14-16,20,23-27,30-33,35,38-40H,9-11,13,17-19H2,1-8H3/b15-14?,21-12+/t20-,23+,24+,25+,26+,27+,30?,31-,32+,33+,34+/m0/s1. The zero-order valence-corrected chi connectivity index (χ0v) is 27.0. The smallest absolute Gasteiger partial charge is 0.311 e. The number of aliphatic hydroxyl groups excluding tert-OH is 3. The number of ether oxygens (including phenoxy) is 2. The normalized spacial score (nSPS) is 36.2. The Kier molecular flexibility index (Phi) is 14.1. The molecule has 0 aromatic carbocycles. The third-order valence-corrected chi connectivity index (χ3v) is 9.25. The lowest BCUT2D eigenvalue weighted by molar-refractivity contribution is -0.230. The molecule has 0 aromatic heterocycles. The van der Waals surface area contributed by atoms with Crippen LogP contribution in [0.5, 0.6) is 0 Å². The summed E-state index contributed by atoms with van der Waals surface area (Å²) in [6.07, 6.45) is 6.51. The van der Waals surface area contributed by atoms with Crippen LogP contribution in [0.2, 0.25) is 0 Å². The molecule has 2 rings (SSSR count). The number of ketones is 1. The van der Waals surface area contributed by atoms with Gasteiger partial charge in [-0.1, -0.05) is 65.8 Å². The van der Waals surface area contributed by atoms with Gasteiger partial charge in [-0.15, -0.1) is 0 Å². The molecule has 8 heteroatoms. The highest BCUT2D eigenvalue weighted by atomic mass is 16.6. The van der Waals surface area contributed by atoms with E-state index >= 15 is 0 Å². The first-order valence-electron chi connectivity index (χ1n) is 15.8. The number of esters is 1. The molecule has 0 radical (unpaired) electrons. The molecule has 0 aliphatic carbocycles. The molecule has 1 unspecified atom stereocenters. The van der Waals surface area contributed by atoms with Crippen molar-refractivity contribution in [2.24, 2.45) is 29.6 Å². The molecule has 2 aliphatic rings. The van der Waals surface area contributed by atoms with Crippen molar-refractivity contribution in [1.29, 1.82) is 0 Å². The minimum absolute atomic E-state index is 0.00960. The molecular weight excluding hydrogens is 536 g/mol. The molecule has 240 valence electrons. The molecule has 0 amide bonds.